The topological polar surface area (TPSA) is 60.7 Å². The minimum Gasteiger partial charge on any atom is -0.396 e. The molecule has 0 saturated carbocycles. The first-order chi connectivity index (χ1) is 6.93. The molecule has 0 aliphatic rings. The van der Waals surface area contributed by atoms with E-state index >= 15 is 0 Å². The van der Waals surface area contributed by atoms with E-state index in [1.807, 2.05) is 18.2 Å². The number of hydrogen-bond acceptors (Lipinski definition) is 3. The molecule has 0 unspecified atom stereocenters. The molecule has 0 saturated heterocycles. The normalized spacial score (nSPS) is 10.5. The molecule has 0 aromatic heterocycles. The summed E-state index contributed by atoms with van der Waals surface area (Å²) in [5.74, 6) is -1.50. The van der Waals surface area contributed by atoms with Crippen LogP contribution in [0.15, 0.2) is 30.3 Å². The average molecular weight is 212 g/mol. The molecule has 0 bridgehead atoms. The maximum absolute atomic E-state index is 8.53. The van der Waals surface area contributed by atoms with Gasteiger partial charge in [0.05, 0.1) is 0 Å². The predicted octanol–water partition coefficient (Wildman–Crippen LogP) is 1.32. The first kappa shape index (κ1) is 14.1. The number of benzene rings is 1. The van der Waals surface area contributed by atoms with E-state index < -0.39 is 5.79 Å². The van der Waals surface area contributed by atoms with Gasteiger partial charge >= 0.3 is 0 Å². The van der Waals surface area contributed by atoms with Crippen molar-refractivity contribution < 1.29 is 15.3 Å². The Bertz CT molecular complexity index is 233. The summed E-state index contributed by atoms with van der Waals surface area (Å²) in [6, 6.07) is 10.2. The van der Waals surface area contributed by atoms with Crippen LogP contribution in [0.5, 0.6) is 0 Å². The van der Waals surface area contributed by atoms with Gasteiger partial charge in [-0.05, 0) is 32.3 Å². The monoisotopic (exact) mass is 212 g/mol. The van der Waals surface area contributed by atoms with Crippen LogP contribution in [-0.2, 0) is 6.42 Å². The van der Waals surface area contributed by atoms with E-state index in [2.05, 4.69) is 12.1 Å². The number of aliphatic hydroxyl groups excluding tert-OH is 1. The van der Waals surface area contributed by atoms with Gasteiger partial charge in [0, 0.05) is 6.61 Å². The molecule has 0 atom stereocenters. The fraction of sp³-hybridized carbons (Fsp3) is 0.500. The van der Waals surface area contributed by atoms with E-state index in [1.165, 1.54) is 19.4 Å². The minimum atomic E-state index is -1.50. The highest BCUT2D eigenvalue weighted by atomic mass is 16.5. The minimum absolute atomic E-state index is 0.287. The molecule has 0 aliphatic carbocycles. The third-order valence-corrected chi connectivity index (χ3v) is 1.47. The summed E-state index contributed by atoms with van der Waals surface area (Å²) in [5, 5.41) is 24.7. The Morgan fingerprint density at radius 2 is 1.53 bits per heavy atom. The standard InChI is InChI=1S/C9H12O.C3H8O2/c10-8-4-7-9-5-2-1-3-6-9;1-3(2,4)5/h1-3,5-6,10H,4,7-8H2;4-5H,1-2H3. The smallest absolute Gasteiger partial charge is 0.156 e. The van der Waals surface area contributed by atoms with Crippen molar-refractivity contribution in [3.63, 3.8) is 0 Å². The van der Waals surface area contributed by atoms with Crippen molar-refractivity contribution in [2.45, 2.75) is 32.5 Å². The fourth-order valence-electron chi connectivity index (χ4n) is 0.928. The van der Waals surface area contributed by atoms with E-state index in [0.717, 1.165) is 12.8 Å². The second kappa shape index (κ2) is 7.40. The highest BCUT2D eigenvalue weighted by Crippen LogP contribution is 2.00. The lowest BCUT2D eigenvalue weighted by atomic mass is 10.1. The number of hydrogen-bond donors (Lipinski definition) is 3. The first-order valence-corrected chi connectivity index (χ1v) is 5.03. The number of aryl methyl sites for hydroxylation is 1. The molecule has 0 radical (unpaired) electrons. The molecular weight excluding hydrogens is 192 g/mol. The Kier molecular flexibility index (Phi) is 6.96. The lowest BCUT2D eigenvalue weighted by Gasteiger charge is -2.03. The van der Waals surface area contributed by atoms with Gasteiger partial charge in [-0.1, -0.05) is 30.3 Å². The average Bonchev–Trinajstić information content (AvgIpc) is 2.14. The highest BCUT2D eigenvalue weighted by Gasteiger charge is 2.00. The Hall–Kier alpha value is -0.900. The van der Waals surface area contributed by atoms with Crippen LogP contribution in [0.25, 0.3) is 0 Å². The zero-order valence-corrected chi connectivity index (χ0v) is 9.35. The van der Waals surface area contributed by atoms with E-state index in [-0.39, 0.29) is 6.61 Å². The van der Waals surface area contributed by atoms with E-state index in [1.54, 1.807) is 0 Å². The lowest BCUT2D eigenvalue weighted by molar-refractivity contribution is -0.127. The molecule has 3 N–H and O–H groups in total. The Balaban J connectivity index is 0.000000336. The quantitative estimate of drug-likeness (QED) is 0.662. The molecule has 0 heterocycles. The first-order valence-electron chi connectivity index (χ1n) is 5.03. The van der Waals surface area contributed by atoms with Crippen LogP contribution in [0.1, 0.15) is 25.8 Å². The third-order valence-electron chi connectivity index (χ3n) is 1.47. The van der Waals surface area contributed by atoms with Crippen LogP contribution < -0.4 is 0 Å². The van der Waals surface area contributed by atoms with Gasteiger partial charge in [-0.25, -0.2) is 0 Å². The van der Waals surface area contributed by atoms with Crippen LogP contribution in [-0.4, -0.2) is 27.7 Å². The molecule has 3 heteroatoms. The van der Waals surface area contributed by atoms with Gasteiger partial charge in [-0.2, -0.15) is 0 Å². The lowest BCUT2D eigenvalue weighted by Crippen LogP contribution is -2.15. The molecule has 3 nitrogen and oxygen atoms in total. The number of rotatable bonds is 3. The zero-order chi connectivity index (χ0) is 11.7. The molecule has 1 aromatic carbocycles. The van der Waals surface area contributed by atoms with Gasteiger partial charge in [0.25, 0.3) is 0 Å². The van der Waals surface area contributed by atoms with Crippen LogP contribution in [0, 0.1) is 0 Å². The Morgan fingerprint density at radius 1 is 1.07 bits per heavy atom. The van der Waals surface area contributed by atoms with Crippen LogP contribution >= 0.6 is 0 Å². The van der Waals surface area contributed by atoms with Crippen molar-refractivity contribution in [3.05, 3.63) is 35.9 Å². The summed E-state index contributed by atoms with van der Waals surface area (Å²) in [5.41, 5.74) is 1.30. The Morgan fingerprint density at radius 3 is 1.93 bits per heavy atom. The SMILES string of the molecule is CC(C)(O)O.OCCCc1ccccc1. The van der Waals surface area contributed by atoms with Gasteiger partial charge in [-0.15, -0.1) is 0 Å². The van der Waals surface area contributed by atoms with E-state index in [9.17, 15) is 0 Å². The summed E-state index contributed by atoms with van der Waals surface area (Å²) >= 11 is 0. The van der Waals surface area contributed by atoms with Crippen molar-refractivity contribution >= 4 is 0 Å². The van der Waals surface area contributed by atoms with Crippen LogP contribution in [0.2, 0.25) is 0 Å². The van der Waals surface area contributed by atoms with Gasteiger partial charge < -0.3 is 15.3 Å². The van der Waals surface area contributed by atoms with Crippen molar-refractivity contribution in [1.82, 2.24) is 0 Å². The van der Waals surface area contributed by atoms with Gasteiger partial charge in [-0.3, -0.25) is 0 Å². The van der Waals surface area contributed by atoms with E-state index in [0.29, 0.717) is 0 Å². The third kappa shape index (κ3) is 13.1. The maximum Gasteiger partial charge on any atom is 0.156 e. The molecule has 15 heavy (non-hydrogen) atoms. The summed E-state index contributed by atoms with van der Waals surface area (Å²) in [6.07, 6.45) is 1.85. The second-order valence-corrected chi connectivity index (χ2v) is 3.81. The van der Waals surface area contributed by atoms with Crippen molar-refractivity contribution in [2.24, 2.45) is 0 Å². The van der Waals surface area contributed by atoms with Gasteiger partial charge in [0.15, 0.2) is 5.79 Å². The van der Waals surface area contributed by atoms with Crippen LogP contribution in [0.3, 0.4) is 0 Å². The molecule has 0 amide bonds. The van der Waals surface area contributed by atoms with Gasteiger partial charge in [0.1, 0.15) is 0 Å². The molecule has 0 fully saturated rings. The summed E-state index contributed by atoms with van der Waals surface area (Å²) in [6.45, 7) is 2.88. The van der Waals surface area contributed by atoms with Crippen LogP contribution in [0.4, 0.5) is 0 Å². The fourth-order valence-corrected chi connectivity index (χ4v) is 0.928. The van der Waals surface area contributed by atoms with Crippen molar-refractivity contribution in [2.75, 3.05) is 6.61 Å². The largest absolute Gasteiger partial charge is 0.396 e. The zero-order valence-electron chi connectivity index (χ0n) is 9.35. The summed E-state index contributed by atoms with van der Waals surface area (Å²) < 4.78 is 0. The van der Waals surface area contributed by atoms with Crippen molar-refractivity contribution in [3.8, 4) is 0 Å². The summed E-state index contributed by atoms with van der Waals surface area (Å²) in [7, 11) is 0. The highest BCUT2D eigenvalue weighted by molar-refractivity contribution is 5.14. The second-order valence-electron chi connectivity index (χ2n) is 3.81. The predicted molar refractivity (Wildman–Crippen MR) is 60.4 cm³/mol. The molecule has 0 spiro atoms. The molecular formula is C12H20O3. The molecule has 86 valence electrons. The van der Waals surface area contributed by atoms with Crippen molar-refractivity contribution in [1.29, 1.82) is 0 Å². The molecule has 1 aromatic rings. The Labute approximate surface area is 91.0 Å². The molecule has 0 aliphatic heterocycles. The van der Waals surface area contributed by atoms with E-state index in [4.69, 9.17) is 15.3 Å². The number of aliphatic hydroxyl groups is 3. The van der Waals surface area contributed by atoms with Gasteiger partial charge in [0.2, 0.25) is 0 Å². The maximum atomic E-state index is 8.53. The summed E-state index contributed by atoms with van der Waals surface area (Å²) in [4.78, 5) is 0. The molecule has 1 rings (SSSR count).